The molecule has 1 saturated heterocycles. The van der Waals surface area contributed by atoms with Gasteiger partial charge in [-0.05, 0) is 6.92 Å². The van der Waals surface area contributed by atoms with Crippen molar-refractivity contribution < 1.29 is 4.79 Å². The fourth-order valence-electron chi connectivity index (χ4n) is 1.22. The van der Waals surface area contributed by atoms with Crippen LogP contribution in [-0.4, -0.2) is 34.9 Å². The molecule has 5 nitrogen and oxygen atoms in total. The molecule has 0 unspecified atom stereocenters. The summed E-state index contributed by atoms with van der Waals surface area (Å²) < 4.78 is 4.07. The van der Waals surface area contributed by atoms with Crippen molar-refractivity contribution in [3.63, 3.8) is 0 Å². The van der Waals surface area contributed by atoms with Crippen LogP contribution in [0.5, 0.6) is 0 Å². The van der Waals surface area contributed by atoms with E-state index in [4.69, 9.17) is 0 Å². The molecule has 1 aliphatic heterocycles. The third-order valence-electron chi connectivity index (χ3n) is 1.83. The summed E-state index contributed by atoms with van der Waals surface area (Å²) >= 11 is 1.34. The molecule has 1 aromatic heterocycles. The average molecular weight is 198 g/mol. The number of amides is 1. The molecule has 0 atom stereocenters. The number of aromatic nitrogens is 2. The van der Waals surface area contributed by atoms with Gasteiger partial charge in [-0.1, -0.05) is 0 Å². The van der Waals surface area contributed by atoms with E-state index >= 15 is 0 Å². The summed E-state index contributed by atoms with van der Waals surface area (Å²) in [5.41, 5.74) is 0. The predicted octanol–water partition coefficient (Wildman–Crippen LogP) is -0.217. The number of hydrogen-bond acceptors (Lipinski definition) is 5. The molecule has 0 radical (unpaired) electrons. The van der Waals surface area contributed by atoms with E-state index in [1.807, 2.05) is 11.8 Å². The molecule has 1 aliphatic rings. The first kappa shape index (κ1) is 8.43. The number of hydrogen-bond donors (Lipinski definition) is 1. The molecular formula is C7H10N4OS. The second-order valence-electron chi connectivity index (χ2n) is 2.90. The van der Waals surface area contributed by atoms with Crippen molar-refractivity contribution in [1.82, 2.24) is 14.7 Å². The monoisotopic (exact) mass is 198 g/mol. The van der Waals surface area contributed by atoms with Gasteiger partial charge >= 0.3 is 0 Å². The molecule has 1 amide bonds. The van der Waals surface area contributed by atoms with Crippen molar-refractivity contribution >= 4 is 22.6 Å². The molecule has 6 heteroatoms. The van der Waals surface area contributed by atoms with Gasteiger partial charge < -0.3 is 10.2 Å². The molecular weight excluding hydrogens is 188 g/mol. The molecule has 0 aliphatic carbocycles. The van der Waals surface area contributed by atoms with E-state index in [2.05, 4.69) is 14.7 Å². The standard InChI is InChI=1S/C7H10N4OS/c1-5-9-7(13-10-5)11-3-2-8-6(12)4-11/h2-4H2,1H3,(H,8,12). The predicted molar refractivity (Wildman–Crippen MR) is 49.9 cm³/mol. The molecule has 0 bridgehead atoms. The summed E-state index contributed by atoms with van der Waals surface area (Å²) in [6, 6.07) is 0. The second-order valence-corrected chi connectivity index (χ2v) is 3.63. The first-order chi connectivity index (χ1) is 6.25. The van der Waals surface area contributed by atoms with Crippen molar-refractivity contribution in [2.45, 2.75) is 6.92 Å². The third-order valence-corrected chi connectivity index (χ3v) is 2.69. The fourth-order valence-corrected chi connectivity index (χ4v) is 1.92. The van der Waals surface area contributed by atoms with Crippen LogP contribution in [0, 0.1) is 6.92 Å². The number of nitrogens with one attached hydrogen (secondary N) is 1. The number of carbonyl (C=O) groups is 1. The number of carbonyl (C=O) groups excluding carboxylic acids is 1. The van der Waals surface area contributed by atoms with Crippen molar-refractivity contribution in [2.24, 2.45) is 0 Å². The van der Waals surface area contributed by atoms with E-state index in [0.717, 1.165) is 17.5 Å². The van der Waals surface area contributed by atoms with Gasteiger partial charge in [0.15, 0.2) is 0 Å². The van der Waals surface area contributed by atoms with Crippen LogP contribution in [0.2, 0.25) is 0 Å². The normalized spacial score (nSPS) is 17.3. The first-order valence-corrected chi connectivity index (χ1v) is 4.85. The molecule has 70 valence electrons. The van der Waals surface area contributed by atoms with Gasteiger partial charge in [0.1, 0.15) is 5.82 Å². The minimum Gasteiger partial charge on any atom is -0.353 e. The van der Waals surface area contributed by atoms with Crippen LogP contribution in [0.15, 0.2) is 0 Å². The van der Waals surface area contributed by atoms with E-state index in [9.17, 15) is 4.79 Å². The summed E-state index contributed by atoms with van der Waals surface area (Å²) in [7, 11) is 0. The highest BCUT2D eigenvalue weighted by atomic mass is 32.1. The Morgan fingerprint density at radius 1 is 1.62 bits per heavy atom. The van der Waals surface area contributed by atoms with Crippen LogP contribution < -0.4 is 10.2 Å². The topological polar surface area (TPSA) is 58.1 Å². The minimum atomic E-state index is 0.0547. The molecule has 0 aromatic carbocycles. The second kappa shape index (κ2) is 3.29. The summed E-state index contributed by atoms with van der Waals surface area (Å²) in [4.78, 5) is 17.2. The average Bonchev–Trinajstić information content (AvgIpc) is 2.52. The molecule has 1 N–H and O–H groups in total. The van der Waals surface area contributed by atoms with Gasteiger partial charge in [-0.15, -0.1) is 0 Å². The van der Waals surface area contributed by atoms with Crippen LogP contribution >= 0.6 is 11.5 Å². The van der Waals surface area contributed by atoms with Gasteiger partial charge in [0.2, 0.25) is 11.0 Å². The van der Waals surface area contributed by atoms with Crippen molar-refractivity contribution in [2.75, 3.05) is 24.5 Å². The Morgan fingerprint density at radius 3 is 3.08 bits per heavy atom. The lowest BCUT2D eigenvalue weighted by molar-refractivity contribution is -0.120. The summed E-state index contributed by atoms with van der Waals surface area (Å²) in [5.74, 6) is 0.824. The van der Waals surface area contributed by atoms with Gasteiger partial charge in [-0.2, -0.15) is 4.37 Å². The Bertz CT molecular complexity index is 324. The zero-order chi connectivity index (χ0) is 9.26. The lowest BCUT2D eigenvalue weighted by atomic mass is 10.4. The van der Waals surface area contributed by atoms with Crippen molar-refractivity contribution in [3.8, 4) is 0 Å². The smallest absolute Gasteiger partial charge is 0.239 e. The molecule has 1 aromatic rings. The summed E-state index contributed by atoms with van der Waals surface area (Å²) in [6.45, 7) is 3.76. The summed E-state index contributed by atoms with van der Waals surface area (Å²) in [5, 5.41) is 3.60. The number of rotatable bonds is 1. The van der Waals surface area contributed by atoms with Crippen molar-refractivity contribution in [3.05, 3.63) is 5.82 Å². The molecule has 2 rings (SSSR count). The van der Waals surface area contributed by atoms with Crippen LogP contribution in [-0.2, 0) is 4.79 Å². The first-order valence-electron chi connectivity index (χ1n) is 4.07. The van der Waals surface area contributed by atoms with E-state index in [-0.39, 0.29) is 5.91 Å². The molecule has 1 fully saturated rings. The maximum Gasteiger partial charge on any atom is 0.239 e. The number of anilines is 1. The van der Waals surface area contributed by atoms with Gasteiger partial charge in [0.05, 0.1) is 6.54 Å². The molecule has 0 spiro atoms. The van der Waals surface area contributed by atoms with Gasteiger partial charge in [0, 0.05) is 24.6 Å². The highest BCUT2D eigenvalue weighted by Crippen LogP contribution is 2.16. The molecule has 13 heavy (non-hydrogen) atoms. The van der Waals surface area contributed by atoms with Crippen molar-refractivity contribution in [1.29, 1.82) is 0 Å². The SMILES string of the molecule is Cc1nsc(N2CCNC(=O)C2)n1. The Kier molecular flexibility index (Phi) is 2.13. The van der Waals surface area contributed by atoms with E-state index < -0.39 is 0 Å². The minimum absolute atomic E-state index is 0.0547. The maximum absolute atomic E-state index is 11.1. The number of aryl methyl sites for hydroxylation is 1. The van der Waals surface area contributed by atoms with Gasteiger partial charge in [-0.25, -0.2) is 4.98 Å². The highest BCUT2D eigenvalue weighted by molar-refractivity contribution is 7.09. The Balaban J connectivity index is 2.12. The van der Waals surface area contributed by atoms with Gasteiger partial charge in [0.25, 0.3) is 0 Å². The quantitative estimate of drug-likeness (QED) is 0.678. The summed E-state index contributed by atoms with van der Waals surface area (Å²) in [6.07, 6.45) is 0. The van der Waals surface area contributed by atoms with E-state index in [0.29, 0.717) is 13.1 Å². The number of nitrogens with zero attached hydrogens (tertiary/aromatic N) is 3. The third kappa shape index (κ3) is 1.77. The molecule has 2 heterocycles. The fraction of sp³-hybridized carbons (Fsp3) is 0.571. The Hall–Kier alpha value is -1.17. The van der Waals surface area contributed by atoms with Gasteiger partial charge in [-0.3, -0.25) is 4.79 Å². The van der Waals surface area contributed by atoms with E-state index in [1.54, 1.807) is 0 Å². The Labute approximate surface area is 79.9 Å². The lowest BCUT2D eigenvalue weighted by Crippen LogP contribution is -2.47. The Morgan fingerprint density at radius 2 is 2.46 bits per heavy atom. The van der Waals surface area contributed by atoms with Crippen LogP contribution in [0.1, 0.15) is 5.82 Å². The lowest BCUT2D eigenvalue weighted by Gasteiger charge is -2.25. The van der Waals surface area contributed by atoms with Crippen LogP contribution in [0.25, 0.3) is 0 Å². The van der Waals surface area contributed by atoms with Crippen LogP contribution in [0.4, 0.5) is 5.13 Å². The maximum atomic E-state index is 11.1. The zero-order valence-electron chi connectivity index (χ0n) is 7.28. The van der Waals surface area contributed by atoms with E-state index in [1.165, 1.54) is 11.5 Å². The zero-order valence-corrected chi connectivity index (χ0v) is 8.10. The number of piperazine rings is 1. The molecule has 0 saturated carbocycles. The largest absolute Gasteiger partial charge is 0.353 e. The highest BCUT2D eigenvalue weighted by Gasteiger charge is 2.18. The van der Waals surface area contributed by atoms with Crippen LogP contribution in [0.3, 0.4) is 0 Å².